The topological polar surface area (TPSA) is 69.7 Å². The van der Waals surface area contributed by atoms with Crippen LogP contribution in [0.5, 0.6) is 0 Å². The largest absolute Gasteiger partial charge is 0.466 e. The highest BCUT2D eigenvalue weighted by Gasteiger charge is 2.03. The highest BCUT2D eigenvalue weighted by Crippen LogP contribution is 2.05. The molecule has 0 radical (unpaired) electrons. The van der Waals surface area contributed by atoms with Crippen LogP contribution in [0, 0.1) is 0 Å². The first-order chi connectivity index (χ1) is 9.56. The molecule has 0 aromatic heterocycles. The van der Waals surface area contributed by atoms with Crippen LogP contribution in [0.15, 0.2) is 12.7 Å². The molecule has 0 rings (SSSR count). The number of hydrogen-bond acceptors (Lipinski definition) is 5. The van der Waals surface area contributed by atoms with Gasteiger partial charge in [0.15, 0.2) is 0 Å². The van der Waals surface area contributed by atoms with E-state index in [0.29, 0.717) is 38.9 Å². The SMILES string of the molecule is C=CC(=O)OCCCCOC(=O)CCCCCC(C)=O. The summed E-state index contributed by atoms with van der Waals surface area (Å²) in [4.78, 5) is 32.8. The standard InChI is InChI=1S/C15H24O5/c1-3-14(17)19-11-7-8-12-20-15(18)10-6-4-5-9-13(2)16/h3H,1,4-12H2,2H3. The van der Waals surface area contributed by atoms with E-state index in [1.165, 1.54) is 0 Å². The second kappa shape index (κ2) is 12.4. The molecule has 0 N–H and O–H groups in total. The lowest BCUT2D eigenvalue weighted by molar-refractivity contribution is -0.144. The zero-order chi connectivity index (χ0) is 15.2. The fourth-order valence-corrected chi connectivity index (χ4v) is 1.51. The quantitative estimate of drug-likeness (QED) is 0.313. The molecule has 114 valence electrons. The zero-order valence-corrected chi connectivity index (χ0v) is 12.2. The number of ketones is 1. The lowest BCUT2D eigenvalue weighted by atomic mass is 10.1. The Labute approximate surface area is 120 Å². The molecule has 5 nitrogen and oxygen atoms in total. The molecule has 0 spiro atoms. The molecule has 0 fully saturated rings. The molecule has 0 saturated carbocycles. The molecule has 0 bridgehead atoms. The second-order valence-electron chi connectivity index (χ2n) is 4.56. The highest BCUT2D eigenvalue weighted by atomic mass is 16.5. The molecule has 5 heteroatoms. The maximum Gasteiger partial charge on any atom is 0.330 e. The first kappa shape index (κ1) is 18.4. The highest BCUT2D eigenvalue weighted by molar-refractivity contribution is 5.81. The minimum absolute atomic E-state index is 0.185. The van der Waals surface area contributed by atoms with Crippen molar-refractivity contribution in [3.63, 3.8) is 0 Å². The van der Waals surface area contributed by atoms with Crippen LogP contribution >= 0.6 is 0 Å². The number of carbonyl (C=O) groups is 3. The molecule has 0 aliphatic carbocycles. The van der Waals surface area contributed by atoms with Gasteiger partial charge in [-0.3, -0.25) is 4.79 Å². The second-order valence-corrected chi connectivity index (χ2v) is 4.56. The van der Waals surface area contributed by atoms with Gasteiger partial charge in [-0.2, -0.15) is 0 Å². The van der Waals surface area contributed by atoms with Crippen LogP contribution in [-0.4, -0.2) is 30.9 Å². The van der Waals surface area contributed by atoms with E-state index in [1.807, 2.05) is 0 Å². The molecule has 0 aliphatic rings. The summed E-state index contributed by atoms with van der Waals surface area (Å²) in [6.45, 7) is 5.52. The summed E-state index contributed by atoms with van der Waals surface area (Å²) in [6.07, 6.45) is 5.87. The number of unbranched alkanes of at least 4 members (excludes halogenated alkanes) is 3. The van der Waals surface area contributed by atoms with Crippen LogP contribution in [0.3, 0.4) is 0 Å². The predicted molar refractivity (Wildman–Crippen MR) is 75.1 cm³/mol. The Morgan fingerprint density at radius 3 is 2.10 bits per heavy atom. The Balaban J connectivity index is 3.30. The minimum Gasteiger partial charge on any atom is -0.466 e. The van der Waals surface area contributed by atoms with Crippen molar-refractivity contribution >= 4 is 17.7 Å². The van der Waals surface area contributed by atoms with Crippen LogP contribution in [0.2, 0.25) is 0 Å². The van der Waals surface area contributed by atoms with E-state index in [-0.39, 0.29) is 11.8 Å². The van der Waals surface area contributed by atoms with E-state index >= 15 is 0 Å². The summed E-state index contributed by atoms with van der Waals surface area (Å²) >= 11 is 0. The van der Waals surface area contributed by atoms with Gasteiger partial charge in [0.05, 0.1) is 13.2 Å². The lowest BCUT2D eigenvalue weighted by Crippen LogP contribution is -2.07. The van der Waals surface area contributed by atoms with E-state index in [9.17, 15) is 14.4 Å². The van der Waals surface area contributed by atoms with Crippen molar-refractivity contribution in [2.75, 3.05) is 13.2 Å². The third-order valence-electron chi connectivity index (χ3n) is 2.62. The van der Waals surface area contributed by atoms with Gasteiger partial charge in [-0.05, 0) is 32.6 Å². The number of esters is 2. The third kappa shape index (κ3) is 12.8. The van der Waals surface area contributed by atoms with E-state index in [1.54, 1.807) is 6.92 Å². The molecule has 0 amide bonds. The molecule has 20 heavy (non-hydrogen) atoms. The van der Waals surface area contributed by atoms with Gasteiger partial charge in [-0.15, -0.1) is 0 Å². The van der Waals surface area contributed by atoms with E-state index < -0.39 is 5.97 Å². The minimum atomic E-state index is -0.437. The Morgan fingerprint density at radius 1 is 0.900 bits per heavy atom. The van der Waals surface area contributed by atoms with Crippen LogP contribution in [0.1, 0.15) is 51.9 Å². The summed E-state index contributed by atoms with van der Waals surface area (Å²) in [7, 11) is 0. The average Bonchev–Trinajstić information content (AvgIpc) is 2.41. The molecular formula is C15H24O5. The summed E-state index contributed by atoms with van der Waals surface area (Å²) in [5, 5.41) is 0. The fraction of sp³-hybridized carbons (Fsp3) is 0.667. The number of ether oxygens (including phenoxy) is 2. The number of hydrogen-bond donors (Lipinski definition) is 0. The van der Waals surface area contributed by atoms with Crippen molar-refractivity contribution in [1.82, 2.24) is 0 Å². The summed E-state index contributed by atoms with van der Waals surface area (Å²) in [6, 6.07) is 0. The number of rotatable bonds is 12. The van der Waals surface area contributed by atoms with E-state index in [2.05, 4.69) is 6.58 Å². The van der Waals surface area contributed by atoms with Crippen LogP contribution in [-0.2, 0) is 23.9 Å². The Bertz CT molecular complexity index is 322. The number of Topliss-reactive ketones (excluding diaryl/α,β-unsaturated/α-hetero) is 1. The van der Waals surface area contributed by atoms with Gasteiger partial charge < -0.3 is 14.3 Å². The molecule has 0 atom stereocenters. The van der Waals surface area contributed by atoms with Crippen LogP contribution in [0.25, 0.3) is 0 Å². The van der Waals surface area contributed by atoms with Crippen molar-refractivity contribution in [3.8, 4) is 0 Å². The van der Waals surface area contributed by atoms with Gasteiger partial charge >= 0.3 is 11.9 Å². The first-order valence-electron chi connectivity index (χ1n) is 7.00. The summed E-state index contributed by atoms with van der Waals surface area (Å²) in [5.74, 6) is -0.465. The van der Waals surface area contributed by atoms with Gasteiger partial charge in [0.25, 0.3) is 0 Å². The Hall–Kier alpha value is -1.65. The predicted octanol–water partition coefficient (Wildman–Crippen LogP) is 2.58. The van der Waals surface area contributed by atoms with Crippen molar-refractivity contribution in [1.29, 1.82) is 0 Å². The number of carbonyl (C=O) groups excluding carboxylic acids is 3. The van der Waals surface area contributed by atoms with E-state index in [4.69, 9.17) is 9.47 Å². The van der Waals surface area contributed by atoms with E-state index in [0.717, 1.165) is 25.3 Å². The van der Waals surface area contributed by atoms with Gasteiger partial charge in [-0.25, -0.2) is 4.79 Å². The maximum atomic E-state index is 11.3. The van der Waals surface area contributed by atoms with Crippen LogP contribution in [0.4, 0.5) is 0 Å². The summed E-state index contributed by atoms with van der Waals surface area (Å²) < 4.78 is 9.82. The maximum absolute atomic E-state index is 11.3. The summed E-state index contributed by atoms with van der Waals surface area (Å²) in [5.41, 5.74) is 0. The Kier molecular flexibility index (Phi) is 11.4. The lowest BCUT2D eigenvalue weighted by Gasteiger charge is -2.05. The molecule has 0 saturated heterocycles. The van der Waals surface area contributed by atoms with Gasteiger partial charge in [0, 0.05) is 18.9 Å². The first-order valence-corrected chi connectivity index (χ1v) is 7.00. The van der Waals surface area contributed by atoms with Crippen molar-refractivity contribution in [3.05, 3.63) is 12.7 Å². The van der Waals surface area contributed by atoms with Gasteiger partial charge in [0.1, 0.15) is 5.78 Å². The van der Waals surface area contributed by atoms with Crippen LogP contribution < -0.4 is 0 Å². The van der Waals surface area contributed by atoms with Gasteiger partial charge in [0.2, 0.25) is 0 Å². The smallest absolute Gasteiger partial charge is 0.330 e. The fourth-order valence-electron chi connectivity index (χ4n) is 1.51. The normalized spacial score (nSPS) is 9.85. The molecule has 0 aromatic rings. The molecule has 0 unspecified atom stereocenters. The van der Waals surface area contributed by atoms with Crippen molar-refractivity contribution in [2.45, 2.75) is 51.9 Å². The molecular weight excluding hydrogens is 260 g/mol. The van der Waals surface area contributed by atoms with Gasteiger partial charge in [-0.1, -0.05) is 13.0 Å². The molecule has 0 aromatic carbocycles. The van der Waals surface area contributed by atoms with Crippen molar-refractivity contribution in [2.24, 2.45) is 0 Å². The molecule has 0 aliphatic heterocycles. The molecule has 0 heterocycles. The Morgan fingerprint density at radius 2 is 1.50 bits per heavy atom. The monoisotopic (exact) mass is 284 g/mol. The zero-order valence-electron chi connectivity index (χ0n) is 12.2. The third-order valence-corrected chi connectivity index (χ3v) is 2.62. The average molecular weight is 284 g/mol. The van der Waals surface area contributed by atoms with Crippen molar-refractivity contribution < 1.29 is 23.9 Å².